The SMILES string of the molecule is COC1CO[C@@H]2C(OC(C)=O)CO[C@H]12. The number of ether oxygens (including phenoxy) is 4. The lowest BCUT2D eigenvalue weighted by Crippen LogP contribution is -2.34. The summed E-state index contributed by atoms with van der Waals surface area (Å²) in [5, 5.41) is 0. The van der Waals surface area contributed by atoms with Gasteiger partial charge in [-0.2, -0.15) is 0 Å². The van der Waals surface area contributed by atoms with Crippen molar-refractivity contribution >= 4 is 5.97 Å². The molecule has 5 nitrogen and oxygen atoms in total. The van der Waals surface area contributed by atoms with Crippen molar-refractivity contribution in [2.75, 3.05) is 20.3 Å². The first-order chi connectivity index (χ1) is 6.72. The van der Waals surface area contributed by atoms with E-state index in [1.165, 1.54) is 6.92 Å². The van der Waals surface area contributed by atoms with E-state index in [0.29, 0.717) is 13.2 Å². The minimum Gasteiger partial charge on any atom is -0.457 e. The first-order valence-electron chi connectivity index (χ1n) is 4.65. The van der Waals surface area contributed by atoms with Crippen LogP contribution in [0.3, 0.4) is 0 Å². The van der Waals surface area contributed by atoms with E-state index in [1.54, 1.807) is 7.11 Å². The van der Waals surface area contributed by atoms with Crippen molar-refractivity contribution in [3.8, 4) is 0 Å². The minimum absolute atomic E-state index is 0.0411. The first kappa shape index (κ1) is 9.89. The predicted molar refractivity (Wildman–Crippen MR) is 45.8 cm³/mol. The minimum atomic E-state index is -0.302. The van der Waals surface area contributed by atoms with E-state index >= 15 is 0 Å². The lowest BCUT2D eigenvalue weighted by Gasteiger charge is -2.15. The Morgan fingerprint density at radius 2 is 1.79 bits per heavy atom. The molecule has 0 bridgehead atoms. The van der Waals surface area contributed by atoms with Gasteiger partial charge < -0.3 is 18.9 Å². The molecule has 0 aromatic heterocycles. The Morgan fingerprint density at radius 1 is 1.21 bits per heavy atom. The van der Waals surface area contributed by atoms with Crippen LogP contribution in [0.1, 0.15) is 6.92 Å². The van der Waals surface area contributed by atoms with Crippen LogP contribution in [0, 0.1) is 0 Å². The Kier molecular flexibility index (Phi) is 2.71. The van der Waals surface area contributed by atoms with E-state index in [0.717, 1.165) is 0 Å². The number of carbonyl (C=O) groups excluding carboxylic acids is 1. The van der Waals surface area contributed by atoms with Gasteiger partial charge in [0.05, 0.1) is 13.2 Å². The van der Waals surface area contributed by atoms with Crippen LogP contribution >= 0.6 is 0 Å². The average Bonchev–Trinajstić information content (AvgIpc) is 2.67. The van der Waals surface area contributed by atoms with Crippen molar-refractivity contribution in [1.29, 1.82) is 0 Å². The maximum absolute atomic E-state index is 10.8. The zero-order valence-electron chi connectivity index (χ0n) is 8.26. The molecule has 0 spiro atoms. The second-order valence-electron chi connectivity index (χ2n) is 3.52. The van der Waals surface area contributed by atoms with Crippen LogP contribution < -0.4 is 0 Å². The molecule has 0 aromatic carbocycles. The molecular weight excluding hydrogens is 188 g/mol. The number of hydrogen-bond acceptors (Lipinski definition) is 5. The van der Waals surface area contributed by atoms with E-state index in [-0.39, 0.29) is 30.4 Å². The lowest BCUT2D eigenvalue weighted by molar-refractivity contribution is -0.151. The molecule has 0 saturated carbocycles. The summed E-state index contributed by atoms with van der Waals surface area (Å²) in [5.74, 6) is -0.302. The summed E-state index contributed by atoms with van der Waals surface area (Å²) in [6.45, 7) is 2.29. The van der Waals surface area contributed by atoms with Gasteiger partial charge in [0.1, 0.15) is 18.3 Å². The number of carbonyl (C=O) groups is 1. The number of methoxy groups -OCH3 is 1. The van der Waals surface area contributed by atoms with Crippen LogP contribution in [0.2, 0.25) is 0 Å². The third-order valence-electron chi connectivity index (χ3n) is 2.58. The van der Waals surface area contributed by atoms with Crippen LogP contribution in [0.5, 0.6) is 0 Å². The highest BCUT2D eigenvalue weighted by atomic mass is 16.6. The summed E-state index contributed by atoms with van der Waals surface area (Å²) in [4.78, 5) is 10.8. The smallest absolute Gasteiger partial charge is 0.303 e. The zero-order chi connectivity index (χ0) is 10.1. The molecule has 14 heavy (non-hydrogen) atoms. The van der Waals surface area contributed by atoms with Gasteiger partial charge >= 0.3 is 5.97 Å². The Bertz CT molecular complexity index is 229. The molecule has 2 unspecified atom stereocenters. The highest BCUT2D eigenvalue weighted by Gasteiger charge is 2.49. The van der Waals surface area contributed by atoms with Gasteiger partial charge in [0, 0.05) is 14.0 Å². The molecule has 4 atom stereocenters. The van der Waals surface area contributed by atoms with Crippen LogP contribution in [-0.2, 0) is 23.7 Å². The van der Waals surface area contributed by atoms with Gasteiger partial charge in [-0.05, 0) is 0 Å². The second-order valence-corrected chi connectivity index (χ2v) is 3.52. The van der Waals surface area contributed by atoms with Gasteiger partial charge in [-0.25, -0.2) is 0 Å². The standard InChI is InChI=1S/C9H14O5/c1-5(10)14-7-4-13-8-6(11-2)3-12-9(7)8/h6-9H,3-4H2,1-2H3/t6?,7?,8-,9-/m1/s1. The molecule has 2 heterocycles. The third kappa shape index (κ3) is 1.63. The van der Waals surface area contributed by atoms with Gasteiger partial charge in [0.25, 0.3) is 0 Å². The maximum Gasteiger partial charge on any atom is 0.303 e. The van der Waals surface area contributed by atoms with Crippen molar-refractivity contribution < 1.29 is 23.7 Å². The number of fused-ring (bicyclic) bond motifs is 1. The summed E-state index contributed by atoms with van der Waals surface area (Å²) < 4.78 is 21.2. The summed E-state index contributed by atoms with van der Waals surface area (Å²) >= 11 is 0. The van der Waals surface area contributed by atoms with Gasteiger partial charge in [0.15, 0.2) is 6.10 Å². The molecule has 0 radical (unpaired) electrons. The topological polar surface area (TPSA) is 54.0 Å². The van der Waals surface area contributed by atoms with Gasteiger partial charge in [-0.1, -0.05) is 0 Å². The Balaban J connectivity index is 1.97. The second kappa shape index (κ2) is 3.84. The van der Waals surface area contributed by atoms with Crippen LogP contribution in [0.4, 0.5) is 0 Å². The molecule has 2 aliphatic rings. The Labute approximate surface area is 82.3 Å². The fourth-order valence-corrected chi connectivity index (χ4v) is 1.95. The largest absolute Gasteiger partial charge is 0.457 e. The van der Waals surface area contributed by atoms with E-state index < -0.39 is 0 Å². The van der Waals surface area contributed by atoms with Crippen molar-refractivity contribution in [3.05, 3.63) is 0 Å². The maximum atomic E-state index is 10.8. The molecule has 5 heteroatoms. The number of esters is 1. The van der Waals surface area contributed by atoms with Crippen molar-refractivity contribution in [1.82, 2.24) is 0 Å². The van der Waals surface area contributed by atoms with Gasteiger partial charge in [-0.15, -0.1) is 0 Å². The van der Waals surface area contributed by atoms with E-state index in [9.17, 15) is 4.79 Å². The third-order valence-corrected chi connectivity index (χ3v) is 2.58. The fraction of sp³-hybridized carbons (Fsp3) is 0.889. The van der Waals surface area contributed by atoms with Gasteiger partial charge in [-0.3, -0.25) is 4.79 Å². The zero-order valence-corrected chi connectivity index (χ0v) is 8.26. The summed E-state index contributed by atoms with van der Waals surface area (Å²) in [7, 11) is 1.62. The molecule has 0 amide bonds. The number of rotatable bonds is 2. The average molecular weight is 202 g/mol. The van der Waals surface area contributed by atoms with E-state index in [4.69, 9.17) is 18.9 Å². The summed E-state index contributed by atoms with van der Waals surface area (Å²) in [5.41, 5.74) is 0. The predicted octanol–water partition coefficient (Wildman–Crippen LogP) is -0.269. The van der Waals surface area contributed by atoms with Crippen LogP contribution in [-0.4, -0.2) is 50.7 Å². The highest BCUT2D eigenvalue weighted by molar-refractivity contribution is 5.66. The fourth-order valence-electron chi connectivity index (χ4n) is 1.95. The molecule has 2 fully saturated rings. The van der Waals surface area contributed by atoms with Crippen LogP contribution in [0.15, 0.2) is 0 Å². The van der Waals surface area contributed by atoms with E-state index in [2.05, 4.69) is 0 Å². The summed E-state index contributed by atoms with van der Waals surface area (Å²) in [6, 6.07) is 0. The first-order valence-corrected chi connectivity index (χ1v) is 4.65. The van der Waals surface area contributed by atoms with Crippen LogP contribution in [0.25, 0.3) is 0 Å². The summed E-state index contributed by atoms with van der Waals surface area (Å²) in [6.07, 6.45) is -0.577. The van der Waals surface area contributed by atoms with Crippen molar-refractivity contribution in [2.45, 2.75) is 31.3 Å². The normalized spacial score (nSPS) is 41.0. The molecule has 0 aliphatic carbocycles. The van der Waals surface area contributed by atoms with Gasteiger partial charge in [0.2, 0.25) is 0 Å². The van der Waals surface area contributed by atoms with Crippen molar-refractivity contribution in [2.24, 2.45) is 0 Å². The Morgan fingerprint density at radius 3 is 2.36 bits per heavy atom. The molecule has 0 N–H and O–H groups in total. The highest BCUT2D eigenvalue weighted by Crippen LogP contribution is 2.30. The molecule has 80 valence electrons. The molecular formula is C9H14O5. The molecule has 2 rings (SSSR count). The van der Waals surface area contributed by atoms with E-state index in [1.807, 2.05) is 0 Å². The quantitative estimate of drug-likeness (QED) is 0.577. The van der Waals surface area contributed by atoms with Crippen molar-refractivity contribution in [3.63, 3.8) is 0 Å². The molecule has 2 saturated heterocycles. The monoisotopic (exact) mass is 202 g/mol. The molecule has 2 aliphatic heterocycles. The Hall–Kier alpha value is -0.650. The molecule has 0 aromatic rings. The number of hydrogen-bond donors (Lipinski definition) is 0. The lowest BCUT2D eigenvalue weighted by atomic mass is 10.1.